The maximum Gasteiger partial charge on any atom is 0.265 e. The number of rotatable bonds is 2. The molecule has 120 valence electrons. The van der Waals surface area contributed by atoms with E-state index in [1.807, 2.05) is 6.92 Å². The Morgan fingerprint density at radius 2 is 1.92 bits per heavy atom. The average molecular weight is 358 g/mol. The summed E-state index contributed by atoms with van der Waals surface area (Å²) in [5.41, 5.74) is 9.43. The van der Waals surface area contributed by atoms with E-state index >= 15 is 0 Å². The fourth-order valence-corrected chi connectivity index (χ4v) is 3.61. The van der Waals surface area contributed by atoms with Crippen molar-refractivity contribution < 1.29 is 4.79 Å². The number of carbonyl (C=O) groups excluding carboxylic acids is 1. The average Bonchev–Trinajstić information content (AvgIpc) is 2.78. The first-order valence-electron chi connectivity index (χ1n) is 7.13. The number of hydrogen-bond acceptors (Lipinski definition) is 2. The minimum absolute atomic E-state index is 0.409. The second-order valence-electron chi connectivity index (χ2n) is 5.55. The number of primary amides is 1. The first kappa shape index (κ1) is 16.4. The van der Waals surface area contributed by atoms with Gasteiger partial charge in [-0.05, 0) is 36.8 Å². The first-order chi connectivity index (χ1) is 11.3. The maximum absolute atomic E-state index is 11.8. The summed E-state index contributed by atoms with van der Waals surface area (Å²) >= 11 is 12.3. The van der Waals surface area contributed by atoms with E-state index in [9.17, 15) is 10.1 Å². The van der Waals surface area contributed by atoms with Gasteiger partial charge >= 0.3 is 0 Å². The number of nitrogens with zero attached hydrogens (tertiary/aromatic N) is 2. The molecule has 0 aliphatic heterocycles. The van der Waals surface area contributed by atoms with Gasteiger partial charge in [-0.25, -0.2) is 0 Å². The van der Waals surface area contributed by atoms with E-state index in [1.54, 1.807) is 41.9 Å². The molecule has 4 nitrogen and oxygen atoms in total. The molecule has 1 aromatic heterocycles. The Bertz CT molecular complexity index is 1040. The van der Waals surface area contributed by atoms with Crippen LogP contribution in [-0.4, -0.2) is 10.5 Å². The van der Waals surface area contributed by atoms with Crippen molar-refractivity contribution in [2.45, 2.75) is 6.92 Å². The number of nitrogens with two attached hydrogens (primary N) is 1. The molecule has 3 aromatic rings. The van der Waals surface area contributed by atoms with E-state index in [0.29, 0.717) is 21.3 Å². The fraction of sp³-hybridized carbons (Fsp3) is 0.111. The van der Waals surface area contributed by atoms with E-state index in [0.717, 1.165) is 27.6 Å². The van der Waals surface area contributed by atoms with Gasteiger partial charge in [0.2, 0.25) is 0 Å². The van der Waals surface area contributed by atoms with E-state index in [4.69, 9.17) is 28.9 Å². The SMILES string of the molecule is Cc1c(C(N)=O)n(C)c2c(-c3ccc(Cl)cc3Cl)cc(C#N)cc12. The lowest BCUT2D eigenvalue weighted by molar-refractivity contribution is 0.0992. The van der Waals surface area contributed by atoms with Gasteiger partial charge in [-0.2, -0.15) is 5.26 Å². The molecule has 3 rings (SSSR count). The monoisotopic (exact) mass is 357 g/mol. The Labute approximate surface area is 149 Å². The minimum Gasteiger partial charge on any atom is -0.364 e. The summed E-state index contributed by atoms with van der Waals surface area (Å²) < 4.78 is 1.74. The second kappa shape index (κ2) is 5.86. The molecule has 1 heterocycles. The molecule has 1 amide bonds. The first-order valence-corrected chi connectivity index (χ1v) is 7.89. The molecule has 2 aromatic carbocycles. The maximum atomic E-state index is 11.8. The smallest absolute Gasteiger partial charge is 0.265 e. The largest absolute Gasteiger partial charge is 0.364 e. The summed E-state index contributed by atoms with van der Waals surface area (Å²) in [5.74, 6) is -0.516. The van der Waals surface area contributed by atoms with Crippen LogP contribution in [0.5, 0.6) is 0 Å². The molecule has 6 heteroatoms. The quantitative estimate of drug-likeness (QED) is 0.736. The van der Waals surface area contributed by atoms with Crippen molar-refractivity contribution in [1.29, 1.82) is 5.26 Å². The third-order valence-electron chi connectivity index (χ3n) is 4.12. The van der Waals surface area contributed by atoms with Crippen molar-refractivity contribution in [3.63, 3.8) is 0 Å². The molecule has 0 radical (unpaired) electrons. The van der Waals surface area contributed by atoms with Gasteiger partial charge in [0.15, 0.2) is 0 Å². The summed E-state index contributed by atoms with van der Waals surface area (Å²) in [6, 6.07) is 10.8. The van der Waals surface area contributed by atoms with E-state index < -0.39 is 5.91 Å². The normalized spacial score (nSPS) is 10.8. The number of benzene rings is 2. The van der Waals surface area contributed by atoms with Crippen LogP contribution in [0, 0.1) is 18.3 Å². The van der Waals surface area contributed by atoms with E-state index in [1.165, 1.54) is 0 Å². The summed E-state index contributed by atoms with van der Waals surface area (Å²) in [6.07, 6.45) is 0. The van der Waals surface area contributed by atoms with Crippen molar-refractivity contribution in [1.82, 2.24) is 4.57 Å². The van der Waals surface area contributed by atoms with Crippen molar-refractivity contribution in [2.75, 3.05) is 0 Å². The molecule has 0 aliphatic rings. The van der Waals surface area contributed by atoms with Crippen molar-refractivity contribution in [3.05, 3.63) is 57.2 Å². The molecule has 0 atom stereocenters. The molecule has 0 spiro atoms. The zero-order chi connectivity index (χ0) is 17.6. The number of carbonyl (C=O) groups is 1. The minimum atomic E-state index is -0.516. The van der Waals surface area contributed by atoms with Crippen LogP contribution in [0.15, 0.2) is 30.3 Å². The highest BCUT2D eigenvalue weighted by molar-refractivity contribution is 6.36. The van der Waals surface area contributed by atoms with Crippen LogP contribution in [0.2, 0.25) is 10.0 Å². The Morgan fingerprint density at radius 3 is 2.50 bits per heavy atom. The third kappa shape index (κ3) is 2.43. The summed E-state index contributed by atoms with van der Waals surface area (Å²) in [7, 11) is 1.77. The number of aryl methyl sites for hydroxylation is 2. The third-order valence-corrected chi connectivity index (χ3v) is 4.67. The summed E-state index contributed by atoms with van der Waals surface area (Å²) in [4.78, 5) is 11.8. The molecule has 0 fully saturated rings. The topological polar surface area (TPSA) is 71.8 Å². The zero-order valence-corrected chi connectivity index (χ0v) is 14.5. The second-order valence-corrected chi connectivity index (χ2v) is 6.40. The van der Waals surface area contributed by atoms with Crippen LogP contribution in [0.3, 0.4) is 0 Å². The molecule has 2 N–H and O–H groups in total. The Morgan fingerprint density at radius 1 is 1.21 bits per heavy atom. The van der Waals surface area contributed by atoms with Gasteiger partial charge in [0, 0.05) is 33.6 Å². The highest BCUT2D eigenvalue weighted by Gasteiger charge is 2.21. The van der Waals surface area contributed by atoms with Gasteiger partial charge in [0.05, 0.1) is 17.1 Å². The van der Waals surface area contributed by atoms with Gasteiger partial charge in [-0.1, -0.05) is 29.3 Å². The van der Waals surface area contributed by atoms with Gasteiger partial charge in [-0.15, -0.1) is 0 Å². The van der Waals surface area contributed by atoms with Gasteiger partial charge in [0.25, 0.3) is 5.91 Å². The van der Waals surface area contributed by atoms with E-state index in [-0.39, 0.29) is 0 Å². The molecule has 0 unspecified atom stereocenters. The molecular weight excluding hydrogens is 345 g/mol. The van der Waals surface area contributed by atoms with Crippen LogP contribution in [0.1, 0.15) is 21.6 Å². The lowest BCUT2D eigenvalue weighted by atomic mass is 9.99. The van der Waals surface area contributed by atoms with Gasteiger partial charge in [0.1, 0.15) is 5.69 Å². The highest BCUT2D eigenvalue weighted by atomic mass is 35.5. The van der Waals surface area contributed by atoms with Crippen LogP contribution < -0.4 is 5.73 Å². The zero-order valence-electron chi connectivity index (χ0n) is 13.0. The molecule has 0 bridgehead atoms. The number of fused-ring (bicyclic) bond motifs is 1. The van der Waals surface area contributed by atoms with Crippen LogP contribution >= 0.6 is 23.2 Å². The number of aromatic nitrogens is 1. The predicted octanol–water partition coefficient (Wildman–Crippen LogP) is 4.43. The number of nitriles is 1. The Kier molecular flexibility index (Phi) is 4.00. The highest BCUT2D eigenvalue weighted by Crippen LogP contribution is 2.38. The van der Waals surface area contributed by atoms with Crippen LogP contribution in [0.4, 0.5) is 0 Å². The molecule has 24 heavy (non-hydrogen) atoms. The lowest BCUT2D eigenvalue weighted by Crippen LogP contribution is -2.16. The lowest BCUT2D eigenvalue weighted by Gasteiger charge is -2.10. The Hall–Kier alpha value is -2.48. The Balaban J connectivity index is 2.49. The fourth-order valence-electron chi connectivity index (χ4n) is 3.10. The standard InChI is InChI=1S/C18H13Cl2N3O/c1-9-13-5-10(8-21)6-14(12-4-3-11(19)7-15(12)20)17(13)23(2)16(9)18(22)24/h3-7H,1-2H3,(H2,22,24). The van der Waals surface area contributed by atoms with E-state index in [2.05, 4.69) is 6.07 Å². The van der Waals surface area contributed by atoms with Crippen LogP contribution in [-0.2, 0) is 7.05 Å². The summed E-state index contributed by atoms with van der Waals surface area (Å²) in [5, 5.41) is 11.1. The number of hydrogen-bond donors (Lipinski definition) is 1. The van der Waals surface area contributed by atoms with Crippen molar-refractivity contribution in [2.24, 2.45) is 12.8 Å². The van der Waals surface area contributed by atoms with Gasteiger partial charge in [-0.3, -0.25) is 4.79 Å². The van der Waals surface area contributed by atoms with Crippen molar-refractivity contribution in [3.8, 4) is 17.2 Å². The predicted molar refractivity (Wildman–Crippen MR) is 96.3 cm³/mol. The molecule has 0 saturated heterocycles. The number of amides is 1. The van der Waals surface area contributed by atoms with Crippen molar-refractivity contribution >= 4 is 40.0 Å². The van der Waals surface area contributed by atoms with Crippen LogP contribution in [0.25, 0.3) is 22.0 Å². The van der Waals surface area contributed by atoms with Gasteiger partial charge < -0.3 is 10.3 Å². The molecule has 0 saturated carbocycles. The molecule has 0 aliphatic carbocycles. The summed E-state index contributed by atoms with van der Waals surface area (Å²) in [6.45, 7) is 1.82. The molecular formula is C18H13Cl2N3O. The number of halogens is 2.